The van der Waals surface area contributed by atoms with Gasteiger partial charge < -0.3 is 5.32 Å². The van der Waals surface area contributed by atoms with Crippen molar-refractivity contribution in [2.24, 2.45) is 0 Å². The van der Waals surface area contributed by atoms with Crippen molar-refractivity contribution >= 4 is 33.0 Å². The van der Waals surface area contributed by atoms with Gasteiger partial charge in [0.05, 0.1) is 9.40 Å². The Balaban J connectivity index is 1.94. The summed E-state index contributed by atoms with van der Waals surface area (Å²) >= 11 is 4.87. The van der Waals surface area contributed by atoms with E-state index in [0.717, 1.165) is 17.0 Å². The van der Waals surface area contributed by atoms with Crippen LogP contribution in [-0.4, -0.2) is 9.91 Å². The lowest BCUT2D eigenvalue weighted by atomic mass is 10.2. The first-order chi connectivity index (χ1) is 9.60. The van der Waals surface area contributed by atoms with Crippen LogP contribution in [0, 0.1) is 10.1 Å². The number of nitrogens with zero attached hydrogens (tertiary/aromatic N) is 2. The number of thiazole rings is 1. The van der Waals surface area contributed by atoms with Gasteiger partial charge in [0.25, 0.3) is 5.69 Å². The molecule has 0 aliphatic carbocycles. The normalized spacial score (nSPS) is 10.7. The minimum Gasteiger partial charge on any atom is -0.306 e. The third-order valence-electron chi connectivity index (χ3n) is 2.76. The summed E-state index contributed by atoms with van der Waals surface area (Å²) in [6.45, 7) is 3.36. The number of hydrogen-bond donors (Lipinski definition) is 1. The van der Waals surface area contributed by atoms with Gasteiger partial charge in [-0.1, -0.05) is 13.0 Å². The molecule has 5 nitrogen and oxygen atoms in total. The lowest BCUT2D eigenvalue weighted by Gasteiger charge is -2.04. The maximum Gasteiger partial charge on any atom is 0.283 e. The third-order valence-corrected chi connectivity index (χ3v) is 4.57. The van der Waals surface area contributed by atoms with Crippen molar-refractivity contribution in [2.45, 2.75) is 26.4 Å². The van der Waals surface area contributed by atoms with Crippen LogP contribution in [0.4, 0.5) is 5.69 Å². The Morgan fingerprint density at radius 3 is 2.90 bits per heavy atom. The number of halogens is 1. The van der Waals surface area contributed by atoms with Crippen LogP contribution in [0.25, 0.3) is 0 Å². The molecule has 2 aromatic rings. The molecule has 106 valence electrons. The first-order valence-electron chi connectivity index (χ1n) is 6.17. The molecule has 2 rings (SSSR count). The molecule has 0 saturated carbocycles. The number of nitro groups is 1. The minimum atomic E-state index is -0.387. The third kappa shape index (κ3) is 3.84. The van der Waals surface area contributed by atoms with E-state index < -0.39 is 0 Å². The molecule has 0 aliphatic heterocycles. The van der Waals surface area contributed by atoms with Crippen molar-refractivity contribution in [3.05, 3.63) is 54.4 Å². The van der Waals surface area contributed by atoms with Crippen LogP contribution >= 0.6 is 27.3 Å². The van der Waals surface area contributed by atoms with Gasteiger partial charge in [0.15, 0.2) is 0 Å². The highest BCUT2D eigenvalue weighted by molar-refractivity contribution is 9.10. The predicted molar refractivity (Wildman–Crippen MR) is 82.8 cm³/mol. The van der Waals surface area contributed by atoms with Crippen LogP contribution in [0.15, 0.2) is 28.9 Å². The van der Waals surface area contributed by atoms with E-state index in [2.05, 4.69) is 33.2 Å². The molecule has 1 N–H and O–H groups in total. The minimum absolute atomic E-state index is 0.0896. The van der Waals surface area contributed by atoms with Crippen molar-refractivity contribution in [1.29, 1.82) is 0 Å². The number of nitro benzene ring substituents is 1. The van der Waals surface area contributed by atoms with Crippen LogP contribution in [0.1, 0.15) is 22.4 Å². The maximum absolute atomic E-state index is 10.9. The molecule has 0 unspecified atom stereocenters. The van der Waals surface area contributed by atoms with E-state index in [1.807, 2.05) is 12.3 Å². The largest absolute Gasteiger partial charge is 0.306 e. The lowest BCUT2D eigenvalue weighted by Crippen LogP contribution is -2.12. The number of rotatable bonds is 6. The number of nitrogens with one attached hydrogen (secondary N) is 1. The van der Waals surface area contributed by atoms with Crippen LogP contribution in [0.5, 0.6) is 0 Å². The fourth-order valence-corrected chi connectivity index (χ4v) is 2.94. The lowest BCUT2D eigenvalue weighted by molar-refractivity contribution is -0.385. The summed E-state index contributed by atoms with van der Waals surface area (Å²) in [5.41, 5.74) is 0.971. The van der Waals surface area contributed by atoms with Crippen LogP contribution < -0.4 is 5.32 Å². The highest BCUT2D eigenvalue weighted by Gasteiger charge is 2.12. The average Bonchev–Trinajstić information content (AvgIpc) is 2.88. The van der Waals surface area contributed by atoms with Gasteiger partial charge >= 0.3 is 0 Å². The Hall–Kier alpha value is -1.31. The zero-order chi connectivity index (χ0) is 14.5. The zero-order valence-corrected chi connectivity index (χ0v) is 13.3. The SMILES string of the molecule is CCc1cnc(CNCc2ccc(Br)c([N+](=O)[O-])c2)s1. The van der Waals surface area contributed by atoms with Crippen molar-refractivity contribution in [3.8, 4) is 0 Å². The summed E-state index contributed by atoms with van der Waals surface area (Å²) in [5, 5.41) is 15.1. The van der Waals surface area contributed by atoms with Crippen LogP contribution in [0.3, 0.4) is 0 Å². The van der Waals surface area contributed by atoms with E-state index in [0.29, 0.717) is 17.6 Å². The van der Waals surface area contributed by atoms with Crippen molar-refractivity contribution < 1.29 is 4.92 Å². The summed E-state index contributed by atoms with van der Waals surface area (Å²) in [5.74, 6) is 0. The Labute approximate surface area is 129 Å². The molecule has 1 aromatic carbocycles. The Kier molecular flexibility index (Phi) is 5.22. The molecule has 1 aromatic heterocycles. The summed E-state index contributed by atoms with van der Waals surface area (Å²) in [7, 11) is 0. The molecular formula is C13H14BrN3O2S. The van der Waals surface area contributed by atoms with E-state index in [-0.39, 0.29) is 10.6 Å². The molecule has 0 amide bonds. The number of benzene rings is 1. The molecule has 0 fully saturated rings. The van der Waals surface area contributed by atoms with Gasteiger partial charge in [-0.15, -0.1) is 11.3 Å². The molecule has 1 heterocycles. The average molecular weight is 356 g/mol. The standard InChI is InChI=1S/C13H14BrN3O2S/c1-2-10-7-16-13(20-10)8-15-6-9-3-4-11(14)12(5-9)17(18)19/h3-5,7,15H,2,6,8H2,1H3. The van der Waals surface area contributed by atoms with Gasteiger partial charge in [-0.05, 0) is 34.0 Å². The number of hydrogen-bond acceptors (Lipinski definition) is 5. The molecule has 0 atom stereocenters. The van der Waals surface area contributed by atoms with Gasteiger partial charge in [-0.2, -0.15) is 0 Å². The summed E-state index contributed by atoms with van der Waals surface area (Å²) < 4.78 is 0.499. The summed E-state index contributed by atoms with van der Waals surface area (Å²) in [6.07, 6.45) is 2.89. The molecule has 0 bridgehead atoms. The fourth-order valence-electron chi connectivity index (χ4n) is 1.72. The molecule has 20 heavy (non-hydrogen) atoms. The monoisotopic (exact) mass is 355 g/mol. The smallest absolute Gasteiger partial charge is 0.283 e. The van der Waals surface area contributed by atoms with Crippen LogP contribution in [-0.2, 0) is 19.5 Å². The van der Waals surface area contributed by atoms with Gasteiger partial charge in [0, 0.05) is 30.2 Å². The van der Waals surface area contributed by atoms with E-state index >= 15 is 0 Å². The summed E-state index contributed by atoms with van der Waals surface area (Å²) in [4.78, 5) is 16.0. The maximum atomic E-state index is 10.9. The molecule has 0 saturated heterocycles. The van der Waals surface area contributed by atoms with Crippen molar-refractivity contribution in [2.75, 3.05) is 0 Å². The Morgan fingerprint density at radius 2 is 2.25 bits per heavy atom. The first kappa shape index (κ1) is 15.1. The van der Waals surface area contributed by atoms with Gasteiger partial charge in [-0.25, -0.2) is 4.98 Å². The molecule has 0 spiro atoms. The fraction of sp³-hybridized carbons (Fsp3) is 0.308. The molecule has 7 heteroatoms. The molecule has 0 radical (unpaired) electrons. The second kappa shape index (κ2) is 6.92. The highest BCUT2D eigenvalue weighted by atomic mass is 79.9. The molecular weight excluding hydrogens is 342 g/mol. The van der Waals surface area contributed by atoms with Crippen molar-refractivity contribution in [3.63, 3.8) is 0 Å². The number of aryl methyl sites for hydroxylation is 1. The zero-order valence-electron chi connectivity index (χ0n) is 10.9. The predicted octanol–water partition coefficient (Wildman–Crippen LogP) is 3.67. The van der Waals surface area contributed by atoms with E-state index in [1.54, 1.807) is 23.5 Å². The Bertz CT molecular complexity index is 615. The molecule has 0 aliphatic rings. The Morgan fingerprint density at radius 1 is 1.45 bits per heavy atom. The van der Waals surface area contributed by atoms with Crippen molar-refractivity contribution in [1.82, 2.24) is 10.3 Å². The second-order valence-corrected chi connectivity index (χ2v) is 6.27. The number of aromatic nitrogens is 1. The van der Waals surface area contributed by atoms with Gasteiger partial charge in [0.2, 0.25) is 0 Å². The summed E-state index contributed by atoms with van der Waals surface area (Å²) in [6, 6.07) is 5.15. The van der Waals surface area contributed by atoms with E-state index in [1.165, 1.54) is 4.88 Å². The van der Waals surface area contributed by atoms with Gasteiger partial charge in [0.1, 0.15) is 5.01 Å². The van der Waals surface area contributed by atoms with Crippen LogP contribution in [0.2, 0.25) is 0 Å². The van der Waals surface area contributed by atoms with E-state index in [9.17, 15) is 10.1 Å². The van der Waals surface area contributed by atoms with Gasteiger partial charge in [-0.3, -0.25) is 10.1 Å². The topological polar surface area (TPSA) is 68.1 Å². The quantitative estimate of drug-likeness (QED) is 0.634. The first-order valence-corrected chi connectivity index (χ1v) is 7.78. The highest BCUT2D eigenvalue weighted by Crippen LogP contribution is 2.25. The second-order valence-electron chi connectivity index (χ2n) is 4.22. The van der Waals surface area contributed by atoms with E-state index in [4.69, 9.17) is 0 Å².